The fraction of sp³-hybridized carbons (Fsp3) is 0.300. The van der Waals surface area contributed by atoms with E-state index in [2.05, 4.69) is 31.0 Å². The lowest BCUT2D eigenvalue weighted by Crippen LogP contribution is -1.90. The van der Waals surface area contributed by atoms with E-state index in [1.165, 1.54) is 16.7 Å². The Morgan fingerprint density at radius 1 is 1.45 bits per heavy atom. The lowest BCUT2D eigenvalue weighted by Gasteiger charge is -2.04. The molecule has 0 saturated carbocycles. The second-order valence-electron chi connectivity index (χ2n) is 3.11. The first kappa shape index (κ1) is 6.59. The van der Waals surface area contributed by atoms with Crippen molar-refractivity contribution in [1.29, 1.82) is 0 Å². The van der Waals surface area contributed by atoms with E-state index < -0.39 is 0 Å². The molecule has 1 heterocycles. The molecule has 1 heteroatoms. The Labute approximate surface area is 66.8 Å². The van der Waals surface area contributed by atoms with Crippen LogP contribution in [0.4, 0.5) is 0 Å². The molecule has 1 aliphatic carbocycles. The van der Waals surface area contributed by atoms with Gasteiger partial charge < -0.3 is 0 Å². The highest BCUT2D eigenvalue weighted by Crippen LogP contribution is 2.34. The van der Waals surface area contributed by atoms with Crippen LogP contribution in [0.15, 0.2) is 24.0 Å². The predicted molar refractivity (Wildman–Crippen MR) is 46.3 cm³/mol. The molecule has 0 bridgehead atoms. The zero-order chi connectivity index (χ0) is 7.84. The molecule has 1 nitrogen and oxygen atoms in total. The van der Waals surface area contributed by atoms with E-state index in [0.717, 1.165) is 0 Å². The van der Waals surface area contributed by atoms with Gasteiger partial charge in [0, 0.05) is 18.3 Å². The Morgan fingerprint density at radius 3 is 3.00 bits per heavy atom. The normalized spacial score (nSPS) is 21.3. The van der Waals surface area contributed by atoms with Gasteiger partial charge in [-0.1, -0.05) is 18.6 Å². The number of nitrogens with zero attached hydrogens (tertiary/aromatic N) is 1. The predicted octanol–water partition coefficient (Wildman–Crippen LogP) is 2.60. The molecule has 0 amide bonds. The number of aromatic nitrogens is 1. The molecule has 0 spiro atoms. The van der Waals surface area contributed by atoms with Crippen molar-refractivity contribution in [3.63, 3.8) is 0 Å². The first-order valence-electron chi connectivity index (χ1n) is 3.91. The van der Waals surface area contributed by atoms with Crippen molar-refractivity contribution in [2.24, 2.45) is 0 Å². The van der Waals surface area contributed by atoms with E-state index in [-0.39, 0.29) is 0 Å². The van der Waals surface area contributed by atoms with E-state index in [0.29, 0.717) is 5.92 Å². The van der Waals surface area contributed by atoms with E-state index in [9.17, 15) is 0 Å². The van der Waals surface area contributed by atoms with Crippen molar-refractivity contribution < 1.29 is 0 Å². The van der Waals surface area contributed by atoms with Crippen LogP contribution in [0.3, 0.4) is 0 Å². The van der Waals surface area contributed by atoms with Gasteiger partial charge in [-0.25, -0.2) is 0 Å². The standard InChI is InChI=1S/C10H11N/c1-7-5-9-3-4-11-6-10(9)8(7)2/h3-6,8H,1-2H3. The first-order chi connectivity index (χ1) is 5.29. The first-order valence-corrected chi connectivity index (χ1v) is 3.91. The molecule has 56 valence electrons. The molecule has 11 heavy (non-hydrogen) atoms. The largest absolute Gasteiger partial charge is 0.264 e. The van der Waals surface area contributed by atoms with Gasteiger partial charge >= 0.3 is 0 Å². The van der Waals surface area contributed by atoms with Gasteiger partial charge in [0.15, 0.2) is 0 Å². The SMILES string of the molecule is CC1=Cc2ccncc2C1C. The average molecular weight is 145 g/mol. The third-order valence-electron chi connectivity index (χ3n) is 2.42. The van der Waals surface area contributed by atoms with Crippen molar-refractivity contribution in [1.82, 2.24) is 4.98 Å². The number of hydrogen-bond donors (Lipinski definition) is 0. The van der Waals surface area contributed by atoms with Gasteiger partial charge in [0.05, 0.1) is 0 Å². The van der Waals surface area contributed by atoms with Crippen molar-refractivity contribution in [3.8, 4) is 0 Å². The number of fused-ring (bicyclic) bond motifs is 1. The topological polar surface area (TPSA) is 12.9 Å². The second-order valence-corrected chi connectivity index (χ2v) is 3.11. The van der Waals surface area contributed by atoms with Crippen LogP contribution in [-0.2, 0) is 0 Å². The summed E-state index contributed by atoms with van der Waals surface area (Å²) in [6.45, 7) is 4.39. The molecule has 2 rings (SSSR count). The maximum Gasteiger partial charge on any atom is 0.0311 e. The highest BCUT2D eigenvalue weighted by atomic mass is 14.6. The van der Waals surface area contributed by atoms with Gasteiger partial charge in [0.2, 0.25) is 0 Å². The molecule has 0 fully saturated rings. The molecule has 0 aliphatic heterocycles. The summed E-state index contributed by atoms with van der Waals surface area (Å²) in [5, 5.41) is 0. The van der Waals surface area contributed by atoms with Gasteiger partial charge in [-0.05, 0) is 24.1 Å². The Balaban J connectivity index is 2.58. The summed E-state index contributed by atoms with van der Waals surface area (Å²) in [7, 11) is 0. The van der Waals surface area contributed by atoms with E-state index >= 15 is 0 Å². The summed E-state index contributed by atoms with van der Waals surface area (Å²) in [6.07, 6.45) is 6.05. The summed E-state index contributed by atoms with van der Waals surface area (Å²) in [6, 6.07) is 2.07. The van der Waals surface area contributed by atoms with E-state index in [1.807, 2.05) is 12.4 Å². The van der Waals surface area contributed by atoms with Crippen molar-refractivity contribution in [3.05, 3.63) is 35.2 Å². The van der Waals surface area contributed by atoms with Crippen LogP contribution in [0.2, 0.25) is 0 Å². The van der Waals surface area contributed by atoms with Crippen molar-refractivity contribution >= 4 is 6.08 Å². The molecule has 0 saturated heterocycles. The number of rotatable bonds is 0. The Bertz CT molecular complexity index is 312. The number of hydrogen-bond acceptors (Lipinski definition) is 1. The molecule has 1 aromatic heterocycles. The zero-order valence-electron chi connectivity index (χ0n) is 6.83. The molecule has 0 N–H and O–H groups in total. The van der Waals surface area contributed by atoms with Crippen LogP contribution in [0.1, 0.15) is 30.9 Å². The summed E-state index contributed by atoms with van der Waals surface area (Å²) < 4.78 is 0. The average Bonchev–Trinajstić information content (AvgIpc) is 2.30. The van der Waals surface area contributed by atoms with E-state index in [4.69, 9.17) is 0 Å². The van der Waals surface area contributed by atoms with Crippen LogP contribution in [0, 0.1) is 0 Å². The molecular formula is C10H11N. The fourth-order valence-electron chi connectivity index (χ4n) is 1.53. The molecule has 1 unspecified atom stereocenters. The third kappa shape index (κ3) is 0.881. The van der Waals surface area contributed by atoms with Crippen LogP contribution >= 0.6 is 0 Å². The molecule has 0 aromatic carbocycles. The summed E-state index contributed by atoms with van der Waals surface area (Å²) >= 11 is 0. The van der Waals surface area contributed by atoms with E-state index in [1.54, 1.807) is 0 Å². The lowest BCUT2D eigenvalue weighted by molar-refractivity contribution is 0.912. The quantitative estimate of drug-likeness (QED) is 0.546. The molecule has 1 aliphatic rings. The van der Waals surface area contributed by atoms with Crippen LogP contribution in [0.5, 0.6) is 0 Å². The summed E-state index contributed by atoms with van der Waals surface area (Å²) in [5.74, 6) is 0.568. The fourth-order valence-corrected chi connectivity index (χ4v) is 1.53. The Morgan fingerprint density at radius 2 is 2.27 bits per heavy atom. The van der Waals surface area contributed by atoms with Gasteiger partial charge in [-0.15, -0.1) is 0 Å². The highest BCUT2D eigenvalue weighted by Gasteiger charge is 2.16. The van der Waals surface area contributed by atoms with Gasteiger partial charge in [-0.3, -0.25) is 4.98 Å². The maximum atomic E-state index is 4.11. The van der Waals surface area contributed by atoms with Crippen LogP contribution in [0.25, 0.3) is 6.08 Å². The minimum atomic E-state index is 0.568. The van der Waals surface area contributed by atoms with Crippen molar-refractivity contribution in [2.45, 2.75) is 19.8 Å². The third-order valence-corrected chi connectivity index (χ3v) is 2.42. The van der Waals surface area contributed by atoms with Gasteiger partial charge in [0.1, 0.15) is 0 Å². The van der Waals surface area contributed by atoms with Gasteiger partial charge in [0.25, 0.3) is 0 Å². The Hall–Kier alpha value is -1.11. The molecule has 1 aromatic rings. The van der Waals surface area contributed by atoms with Crippen LogP contribution < -0.4 is 0 Å². The monoisotopic (exact) mass is 145 g/mol. The number of allylic oxidation sites excluding steroid dienone is 1. The van der Waals surface area contributed by atoms with Crippen LogP contribution in [-0.4, -0.2) is 4.98 Å². The Kier molecular flexibility index (Phi) is 1.31. The second kappa shape index (κ2) is 2.19. The van der Waals surface area contributed by atoms with Gasteiger partial charge in [-0.2, -0.15) is 0 Å². The maximum absolute atomic E-state index is 4.11. The smallest absolute Gasteiger partial charge is 0.0311 e. The zero-order valence-corrected chi connectivity index (χ0v) is 6.83. The van der Waals surface area contributed by atoms with Crippen molar-refractivity contribution in [2.75, 3.05) is 0 Å². The minimum Gasteiger partial charge on any atom is -0.264 e. The minimum absolute atomic E-state index is 0.568. The summed E-state index contributed by atoms with van der Waals surface area (Å²) in [5.41, 5.74) is 4.14. The summed E-state index contributed by atoms with van der Waals surface area (Å²) in [4.78, 5) is 4.11. The number of pyridine rings is 1. The molecule has 0 radical (unpaired) electrons. The molecule has 1 atom stereocenters. The highest BCUT2D eigenvalue weighted by molar-refractivity contribution is 5.64. The lowest BCUT2D eigenvalue weighted by atomic mass is 10.0. The molecular weight excluding hydrogens is 134 g/mol.